The molecule has 1 aromatic heterocycles. The number of ether oxygens (including phenoxy) is 1. The van der Waals surface area contributed by atoms with Crippen LogP contribution in [0.1, 0.15) is 24.6 Å². The van der Waals surface area contributed by atoms with Gasteiger partial charge in [-0.2, -0.15) is 0 Å². The number of nitrogens with zero attached hydrogens (tertiary/aromatic N) is 2. The van der Waals surface area contributed by atoms with E-state index in [1.54, 1.807) is 12.1 Å². The lowest BCUT2D eigenvalue weighted by Gasteiger charge is -2.21. The van der Waals surface area contributed by atoms with Crippen molar-refractivity contribution in [1.82, 2.24) is 9.97 Å². The number of hydrogen-bond acceptors (Lipinski definition) is 3. The molecule has 0 N–H and O–H groups in total. The summed E-state index contributed by atoms with van der Waals surface area (Å²) in [6.45, 7) is 1.34. The van der Waals surface area contributed by atoms with Crippen LogP contribution in [0.4, 0.5) is 4.39 Å². The lowest BCUT2D eigenvalue weighted by molar-refractivity contribution is 0.0780. The molecule has 21 heavy (non-hydrogen) atoms. The standard InChI is InChI=1S/C15H13Cl2FN2O/c16-13-12(9-3-1-5-11(18)7-9)14(17)20-15(19-13)10-4-2-6-21-8-10/h1,3,5,7,10H,2,4,6,8H2. The molecule has 1 unspecified atom stereocenters. The average Bonchev–Trinajstić information content (AvgIpc) is 2.47. The molecule has 0 saturated carbocycles. The van der Waals surface area contributed by atoms with Crippen molar-refractivity contribution in [2.45, 2.75) is 18.8 Å². The molecule has 0 bridgehead atoms. The van der Waals surface area contributed by atoms with Crippen LogP contribution in [0.25, 0.3) is 11.1 Å². The van der Waals surface area contributed by atoms with E-state index in [-0.39, 0.29) is 22.0 Å². The van der Waals surface area contributed by atoms with E-state index in [0.717, 1.165) is 19.4 Å². The Morgan fingerprint density at radius 3 is 2.57 bits per heavy atom. The first-order chi connectivity index (χ1) is 10.1. The second kappa shape index (κ2) is 6.26. The number of rotatable bonds is 2. The molecule has 1 saturated heterocycles. The molecule has 1 aliphatic heterocycles. The quantitative estimate of drug-likeness (QED) is 0.763. The van der Waals surface area contributed by atoms with Crippen molar-refractivity contribution in [3.8, 4) is 11.1 Å². The van der Waals surface area contributed by atoms with E-state index in [0.29, 0.717) is 23.6 Å². The molecule has 110 valence electrons. The van der Waals surface area contributed by atoms with Crippen LogP contribution in [0, 0.1) is 5.82 Å². The first-order valence-corrected chi connectivity index (χ1v) is 7.47. The van der Waals surface area contributed by atoms with Gasteiger partial charge in [-0.1, -0.05) is 35.3 Å². The van der Waals surface area contributed by atoms with Crippen LogP contribution in [0.3, 0.4) is 0 Å². The Balaban J connectivity index is 2.00. The maximum absolute atomic E-state index is 13.3. The van der Waals surface area contributed by atoms with Gasteiger partial charge in [-0.15, -0.1) is 0 Å². The molecule has 0 radical (unpaired) electrons. The fourth-order valence-corrected chi connectivity index (χ4v) is 3.05. The van der Waals surface area contributed by atoms with Crippen LogP contribution in [-0.2, 0) is 4.74 Å². The minimum atomic E-state index is -0.357. The van der Waals surface area contributed by atoms with Crippen molar-refractivity contribution in [3.63, 3.8) is 0 Å². The molecule has 2 heterocycles. The minimum Gasteiger partial charge on any atom is -0.381 e. The van der Waals surface area contributed by atoms with Crippen molar-refractivity contribution < 1.29 is 9.13 Å². The molecule has 1 atom stereocenters. The van der Waals surface area contributed by atoms with Crippen LogP contribution in [0.2, 0.25) is 10.3 Å². The second-order valence-electron chi connectivity index (χ2n) is 4.96. The number of aromatic nitrogens is 2. The molecule has 1 aromatic carbocycles. The van der Waals surface area contributed by atoms with Gasteiger partial charge in [0.15, 0.2) is 0 Å². The van der Waals surface area contributed by atoms with Gasteiger partial charge in [-0.3, -0.25) is 0 Å². The van der Waals surface area contributed by atoms with Gasteiger partial charge in [0.25, 0.3) is 0 Å². The third-order valence-corrected chi connectivity index (χ3v) is 4.02. The lowest BCUT2D eigenvalue weighted by Crippen LogP contribution is -2.18. The summed E-state index contributed by atoms with van der Waals surface area (Å²) in [5.41, 5.74) is 1.02. The summed E-state index contributed by atoms with van der Waals surface area (Å²) in [5, 5.41) is 0.474. The van der Waals surface area contributed by atoms with Crippen LogP contribution >= 0.6 is 23.2 Å². The molecule has 0 amide bonds. The summed E-state index contributed by atoms with van der Waals surface area (Å²) in [6.07, 6.45) is 1.92. The highest BCUT2D eigenvalue weighted by Crippen LogP contribution is 2.34. The van der Waals surface area contributed by atoms with E-state index in [9.17, 15) is 4.39 Å². The monoisotopic (exact) mass is 326 g/mol. The molecule has 2 aromatic rings. The highest BCUT2D eigenvalue weighted by Gasteiger charge is 2.22. The first-order valence-electron chi connectivity index (χ1n) is 6.72. The topological polar surface area (TPSA) is 35.0 Å². The van der Waals surface area contributed by atoms with E-state index < -0.39 is 0 Å². The van der Waals surface area contributed by atoms with Crippen molar-refractivity contribution in [1.29, 1.82) is 0 Å². The van der Waals surface area contributed by atoms with Gasteiger partial charge in [0.2, 0.25) is 0 Å². The SMILES string of the molecule is Fc1cccc(-c2c(Cl)nc(C3CCCOC3)nc2Cl)c1. The predicted octanol–water partition coefficient (Wildman–Crippen LogP) is 4.48. The second-order valence-corrected chi connectivity index (χ2v) is 5.68. The van der Waals surface area contributed by atoms with Crippen molar-refractivity contribution in [3.05, 3.63) is 46.2 Å². The third-order valence-electron chi connectivity index (χ3n) is 3.48. The highest BCUT2D eigenvalue weighted by atomic mass is 35.5. The lowest BCUT2D eigenvalue weighted by atomic mass is 10.0. The summed E-state index contributed by atoms with van der Waals surface area (Å²) in [4.78, 5) is 8.66. The predicted molar refractivity (Wildman–Crippen MR) is 80.2 cm³/mol. The average molecular weight is 327 g/mol. The minimum absolute atomic E-state index is 0.107. The largest absolute Gasteiger partial charge is 0.381 e. The molecule has 1 aliphatic rings. The van der Waals surface area contributed by atoms with E-state index in [2.05, 4.69) is 9.97 Å². The number of halogens is 3. The number of benzene rings is 1. The Hall–Kier alpha value is -1.23. The highest BCUT2D eigenvalue weighted by molar-refractivity contribution is 6.37. The van der Waals surface area contributed by atoms with Gasteiger partial charge in [0, 0.05) is 12.5 Å². The summed E-state index contributed by atoms with van der Waals surface area (Å²) in [6, 6.07) is 6.04. The summed E-state index contributed by atoms with van der Waals surface area (Å²) in [7, 11) is 0. The number of hydrogen-bond donors (Lipinski definition) is 0. The van der Waals surface area contributed by atoms with Gasteiger partial charge in [0.05, 0.1) is 12.2 Å². The summed E-state index contributed by atoms with van der Waals surface area (Å²) >= 11 is 12.5. The van der Waals surface area contributed by atoms with Crippen molar-refractivity contribution in [2.24, 2.45) is 0 Å². The summed E-state index contributed by atoms with van der Waals surface area (Å²) in [5.74, 6) is 0.338. The van der Waals surface area contributed by atoms with E-state index in [1.165, 1.54) is 12.1 Å². The molecular weight excluding hydrogens is 314 g/mol. The van der Waals surface area contributed by atoms with Gasteiger partial charge in [0.1, 0.15) is 21.9 Å². The Labute approximate surface area is 132 Å². The maximum atomic E-state index is 13.3. The zero-order chi connectivity index (χ0) is 14.8. The van der Waals surface area contributed by atoms with Crippen molar-refractivity contribution in [2.75, 3.05) is 13.2 Å². The van der Waals surface area contributed by atoms with Gasteiger partial charge >= 0.3 is 0 Å². The zero-order valence-electron chi connectivity index (χ0n) is 11.2. The van der Waals surface area contributed by atoms with E-state index >= 15 is 0 Å². The first kappa shape index (κ1) is 14.7. The fraction of sp³-hybridized carbons (Fsp3) is 0.333. The van der Waals surface area contributed by atoms with Gasteiger partial charge in [-0.05, 0) is 30.5 Å². The van der Waals surface area contributed by atoms with Crippen molar-refractivity contribution >= 4 is 23.2 Å². The Bertz CT molecular complexity index is 637. The van der Waals surface area contributed by atoms with Crippen LogP contribution in [0.15, 0.2) is 24.3 Å². The normalized spacial score (nSPS) is 18.7. The molecule has 0 spiro atoms. The molecule has 3 nitrogen and oxygen atoms in total. The zero-order valence-corrected chi connectivity index (χ0v) is 12.7. The Morgan fingerprint density at radius 1 is 1.19 bits per heavy atom. The van der Waals surface area contributed by atoms with E-state index in [4.69, 9.17) is 27.9 Å². The smallest absolute Gasteiger partial charge is 0.142 e. The van der Waals surface area contributed by atoms with Crippen LogP contribution < -0.4 is 0 Å². The Kier molecular flexibility index (Phi) is 4.38. The third kappa shape index (κ3) is 3.18. The summed E-state index contributed by atoms with van der Waals surface area (Å²) < 4.78 is 18.8. The van der Waals surface area contributed by atoms with Gasteiger partial charge in [-0.25, -0.2) is 14.4 Å². The molecule has 6 heteroatoms. The maximum Gasteiger partial charge on any atom is 0.142 e. The van der Waals surface area contributed by atoms with Crippen LogP contribution in [0.5, 0.6) is 0 Å². The molecule has 1 fully saturated rings. The fourth-order valence-electron chi connectivity index (χ4n) is 2.43. The van der Waals surface area contributed by atoms with Gasteiger partial charge < -0.3 is 4.74 Å². The molecule has 3 rings (SSSR count). The molecular formula is C15H13Cl2FN2O. The Morgan fingerprint density at radius 2 is 1.95 bits per heavy atom. The molecule has 0 aliphatic carbocycles. The van der Waals surface area contributed by atoms with E-state index in [1.807, 2.05) is 0 Å². The van der Waals surface area contributed by atoms with Crippen LogP contribution in [-0.4, -0.2) is 23.2 Å².